The second-order valence-corrected chi connectivity index (χ2v) is 4.93. The molecule has 0 aliphatic heterocycles. The Labute approximate surface area is 133 Å². The highest BCUT2D eigenvalue weighted by Crippen LogP contribution is 2.23. The Balaban J connectivity index is 1.65. The Morgan fingerprint density at radius 1 is 1.09 bits per heavy atom. The van der Waals surface area contributed by atoms with Gasteiger partial charge in [0, 0.05) is 5.56 Å². The molecule has 0 saturated heterocycles. The smallest absolute Gasteiger partial charge is 0.263 e. The van der Waals surface area contributed by atoms with Crippen LogP contribution in [0.2, 0.25) is 0 Å². The fourth-order valence-corrected chi connectivity index (χ4v) is 2.09. The first-order valence-electron chi connectivity index (χ1n) is 7.10. The van der Waals surface area contributed by atoms with Gasteiger partial charge in [0.1, 0.15) is 5.75 Å². The van der Waals surface area contributed by atoms with Crippen molar-refractivity contribution in [3.05, 3.63) is 60.2 Å². The van der Waals surface area contributed by atoms with Crippen LogP contribution in [-0.4, -0.2) is 22.8 Å². The Kier molecular flexibility index (Phi) is 4.33. The van der Waals surface area contributed by atoms with E-state index >= 15 is 0 Å². The molecule has 1 aromatic heterocycles. The minimum atomic E-state index is -0.332. The molecule has 23 heavy (non-hydrogen) atoms. The summed E-state index contributed by atoms with van der Waals surface area (Å²) in [4.78, 5) is 12.0. The Morgan fingerprint density at radius 2 is 1.83 bits per heavy atom. The summed E-state index contributed by atoms with van der Waals surface area (Å²) in [5.74, 6) is 0.611. The van der Waals surface area contributed by atoms with E-state index in [4.69, 9.17) is 9.37 Å². The van der Waals surface area contributed by atoms with Crippen LogP contribution in [-0.2, 0) is 4.79 Å². The minimum absolute atomic E-state index is 0.119. The van der Waals surface area contributed by atoms with Crippen LogP contribution >= 0.6 is 0 Å². The van der Waals surface area contributed by atoms with Crippen LogP contribution in [0.4, 0.5) is 5.82 Å². The number of hydrogen-bond acceptors (Lipinski definition) is 5. The topological polar surface area (TPSA) is 77.2 Å². The number of aryl methyl sites for hydroxylation is 1. The summed E-state index contributed by atoms with van der Waals surface area (Å²) < 4.78 is 10.2. The zero-order chi connectivity index (χ0) is 16.1. The van der Waals surface area contributed by atoms with Crippen molar-refractivity contribution in [3.8, 4) is 17.0 Å². The first kappa shape index (κ1) is 14.8. The third-order valence-corrected chi connectivity index (χ3v) is 3.25. The van der Waals surface area contributed by atoms with Gasteiger partial charge in [0.15, 0.2) is 12.3 Å². The van der Waals surface area contributed by atoms with Crippen molar-refractivity contribution in [3.63, 3.8) is 0 Å². The van der Waals surface area contributed by atoms with Crippen molar-refractivity contribution in [1.29, 1.82) is 0 Å². The molecule has 1 amide bonds. The van der Waals surface area contributed by atoms with Gasteiger partial charge in [-0.2, -0.15) is 0 Å². The lowest BCUT2D eigenvalue weighted by Gasteiger charge is -2.08. The number of para-hydroxylation sites is 1. The van der Waals surface area contributed by atoms with Crippen LogP contribution in [0.25, 0.3) is 11.3 Å². The van der Waals surface area contributed by atoms with Crippen molar-refractivity contribution in [2.24, 2.45) is 0 Å². The lowest BCUT2D eigenvalue weighted by molar-refractivity contribution is -0.118. The number of anilines is 1. The number of aromatic nitrogens is 2. The largest absolute Gasteiger partial charge is 0.483 e. The molecule has 3 aromatic rings. The maximum atomic E-state index is 12.0. The summed E-state index contributed by atoms with van der Waals surface area (Å²) in [6.45, 7) is 1.80. The molecule has 6 nitrogen and oxygen atoms in total. The Bertz CT molecular complexity index is 800. The van der Waals surface area contributed by atoms with Gasteiger partial charge in [-0.3, -0.25) is 4.79 Å². The SMILES string of the molecule is Cc1ccccc1OCC(=O)Nc1nonc1-c1ccccc1. The Hall–Kier alpha value is -3.15. The van der Waals surface area contributed by atoms with Crippen LogP contribution in [0.3, 0.4) is 0 Å². The van der Waals surface area contributed by atoms with Gasteiger partial charge in [0.25, 0.3) is 5.91 Å². The van der Waals surface area contributed by atoms with Crippen LogP contribution in [0.5, 0.6) is 5.75 Å². The minimum Gasteiger partial charge on any atom is -0.483 e. The fraction of sp³-hybridized carbons (Fsp3) is 0.118. The molecular weight excluding hydrogens is 294 g/mol. The van der Waals surface area contributed by atoms with Gasteiger partial charge >= 0.3 is 0 Å². The summed E-state index contributed by atoms with van der Waals surface area (Å²) in [7, 11) is 0. The number of nitrogens with one attached hydrogen (secondary N) is 1. The van der Waals surface area contributed by atoms with Crippen LogP contribution < -0.4 is 10.1 Å². The third kappa shape index (κ3) is 3.55. The maximum absolute atomic E-state index is 12.0. The predicted molar refractivity (Wildman–Crippen MR) is 85.0 cm³/mol. The van der Waals surface area contributed by atoms with E-state index in [0.717, 1.165) is 11.1 Å². The molecule has 0 bridgehead atoms. The summed E-state index contributed by atoms with van der Waals surface area (Å²) in [5, 5.41) is 10.2. The van der Waals surface area contributed by atoms with Crippen molar-refractivity contribution in [1.82, 2.24) is 10.3 Å². The van der Waals surface area contributed by atoms with Gasteiger partial charge < -0.3 is 10.1 Å². The van der Waals surface area contributed by atoms with E-state index in [1.54, 1.807) is 0 Å². The molecule has 3 rings (SSSR count). The molecule has 0 saturated carbocycles. The molecular formula is C17H15N3O3. The van der Waals surface area contributed by atoms with Gasteiger partial charge in [0.2, 0.25) is 5.82 Å². The van der Waals surface area contributed by atoms with Crippen molar-refractivity contribution in [2.45, 2.75) is 6.92 Å². The maximum Gasteiger partial charge on any atom is 0.263 e. The van der Waals surface area contributed by atoms with Gasteiger partial charge in [-0.25, -0.2) is 4.63 Å². The molecule has 1 heterocycles. The van der Waals surface area contributed by atoms with Gasteiger partial charge in [0.05, 0.1) is 0 Å². The number of ether oxygens (including phenoxy) is 1. The zero-order valence-electron chi connectivity index (χ0n) is 12.5. The van der Waals surface area contributed by atoms with Crippen molar-refractivity contribution in [2.75, 3.05) is 11.9 Å². The highest BCUT2D eigenvalue weighted by molar-refractivity contribution is 5.94. The number of benzene rings is 2. The quantitative estimate of drug-likeness (QED) is 0.783. The second-order valence-electron chi connectivity index (χ2n) is 4.93. The number of carbonyl (C=O) groups is 1. The number of carbonyl (C=O) groups excluding carboxylic acids is 1. The normalized spacial score (nSPS) is 10.3. The first-order valence-corrected chi connectivity index (χ1v) is 7.10. The first-order chi connectivity index (χ1) is 11.2. The van der Waals surface area contributed by atoms with E-state index < -0.39 is 0 Å². The molecule has 2 aromatic carbocycles. The highest BCUT2D eigenvalue weighted by atomic mass is 16.6. The fourth-order valence-electron chi connectivity index (χ4n) is 2.09. The van der Waals surface area contributed by atoms with Crippen LogP contribution in [0.1, 0.15) is 5.56 Å². The molecule has 116 valence electrons. The van der Waals surface area contributed by atoms with Gasteiger partial charge in [-0.15, -0.1) is 0 Å². The highest BCUT2D eigenvalue weighted by Gasteiger charge is 2.15. The molecule has 0 fully saturated rings. The number of hydrogen-bond donors (Lipinski definition) is 1. The number of rotatable bonds is 5. The number of amides is 1. The van der Waals surface area contributed by atoms with E-state index in [2.05, 4.69) is 15.6 Å². The molecule has 0 atom stereocenters. The van der Waals surface area contributed by atoms with Gasteiger partial charge in [-0.1, -0.05) is 48.5 Å². The Morgan fingerprint density at radius 3 is 2.61 bits per heavy atom. The molecule has 6 heteroatoms. The molecule has 0 radical (unpaired) electrons. The predicted octanol–water partition coefficient (Wildman–Crippen LogP) is 3.06. The van der Waals surface area contributed by atoms with E-state index in [-0.39, 0.29) is 18.3 Å². The number of nitrogens with zero attached hydrogens (tertiary/aromatic N) is 2. The molecule has 0 aliphatic carbocycles. The lowest BCUT2D eigenvalue weighted by Crippen LogP contribution is -2.21. The summed E-state index contributed by atoms with van der Waals surface area (Å²) in [6.07, 6.45) is 0. The standard InChI is InChI=1S/C17H15N3O3/c1-12-7-5-6-10-14(12)22-11-15(21)18-17-16(19-23-20-17)13-8-3-2-4-9-13/h2-10H,11H2,1H3,(H,18,20,21). The van der Waals surface area contributed by atoms with Crippen LogP contribution in [0.15, 0.2) is 59.2 Å². The zero-order valence-corrected chi connectivity index (χ0v) is 12.5. The molecule has 0 spiro atoms. The van der Waals surface area contributed by atoms with Gasteiger partial charge in [-0.05, 0) is 28.9 Å². The summed E-state index contributed by atoms with van der Waals surface area (Å²) >= 11 is 0. The monoisotopic (exact) mass is 309 g/mol. The summed E-state index contributed by atoms with van der Waals surface area (Å²) in [6, 6.07) is 16.9. The van der Waals surface area contributed by atoms with E-state index in [0.29, 0.717) is 11.4 Å². The second kappa shape index (κ2) is 6.74. The molecule has 0 unspecified atom stereocenters. The molecule has 1 N–H and O–H groups in total. The average Bonchev–Trinajstić information content (AvgIpc) is 3.03. The van der Waals surface area contributed by atoms with E-state index in [1.807, 2.05) is 61.5 Å². The average molecular weight is 309 g/mol. The molecule has 0 aliphatic rings. The van der Waals surface area contributed by atoms with Crippen molar-refractivity contribution >= 4 is 11.7 Å². The lowest BCUT2D eigenvalue weighted by atomic mass is 10.1. The van der Waals surface area contributed by atoms with Crippen molar-refractivity contribution < 1.29 is 14.2 Å². The summed E-state index contributed by atoms with van der Waals surface area (Å²) in [5.41, 5.74) is 2.26. The van der Waals surface area contributed by atoms with E-state index in [1.165, 1.54) is 0 Å². The van der Waals surface area contributed by atoms with E-state index in [9.17, 15) is 4.79 Å². The third-order valence-electron chi connectivity index (χ3n) is 3.25. The van der Waals surface area contributed by atoms with Crippen LogP contribution in [0, 0.1) is 6.92 Å².